The number of Topliss-reactive ketones (excluding diaryl/α,β-unsaturated/α-hetero) is 1. The minimum atomic E-state index is -0.00921. The largest absolute Gasteiger partial charge is 0.495 e. The van der Waals surface area contributed by atoms with Crippen molar-refractivity contribution >= 4 is 37.6 Å². The van der Waals surface area contributed by atoms with E-state index in [-0.39, 0.29) is 5.78 Å². The van der Waals surface area contributed by atoms with E-state index in [0.717, 1.165) is 8.95 Å². The molecule has 0 spiro atoms. The Morgan fingerprint density at radius 2 is 2.00 bits per heavy atom. The number of ether oxygens (including phenoxy) is 1. The fourth-order valence-corrected chi connectivity index (χ4v) is 1.83. The third-order valence-electron chi connectivity index (χ3n) is 1.63. The van der Waals surface area contributed by atoms with E-state index in [2.05, 4.69) is 31.9 Å². The van der Waals surface area contributed by atoms with Crippen LogP contribution in [-0.4, -0.2) is 12.9 Å². The summed E-state index contributed by atoms with van der Waals surface area (Å²) in [5.41, 5.74) is 0.581. The number of halogens is 2. The molecule has 4 heteroatoms. The molecule has 0 N–H and O–H groups in total. The molecule has 0 atom stereocenters. The normalized spacial score (nSPS) is 9.85. The lowest BCUT2D eigenvalue weighted by Gasteiger charge is -2.08. The SMILES string of the molecule is COc1c(C(C)=O)ccc(Br)c1Br. The summed E-state index contributed by atoms with van der Waals surface area (Å²) < 4.78 is 6.76. The lowest BCUT2D eigenvalue weighted by molar-refractivity contribution is 0.101. The summed E-state index contributed by atoms with van der Waals surface area (Å²) in [6.45, 7) is 1.51. The molecular formula is C9H8Br2O2. The average Bonchev–Trinajstić information content (AvgIpc) is 2.09. The first-order valence-electron chi connectivity index (χ1n) is 3.61. The van der Waals surface area contributed by atoms with Gasteiger partial charge in [0.15, 0.2) is 5.78 Å². The van der Waals surface area contributed by atoms with Crippen molar-refractivity contribution in [3.8, 4) is 5.75 Å². The van der Waals surface area contributed by atoms with Crippen molar-refractivity contribution in [2.24, 2.45) is 0 Å². The predicted molar refractivity (Wildman–Crippen MR) is 58.4 cm³/mol. The molecule has 13 heavy (non-hydrogen) atoms. The zero-order chi connectivity index (χ0) is 10.0. The summed E-state index contributed by atoms with van der Waals surface area (Å²) in [4.78, 5) is 11.2. The van der Waals surface area contributed by atoms with Gasteiger partial charge in [0.05, 0.1) is 17.1 Å². The molecule has 70 valence electrons. The number of carbonyl (C=O) groups excluding carboxylic acids is 1. The van der Waals surface area contributed by atoms with Gasteiger partial charge in [0.25, 0.3) is 0 Å². The number of hydrogen-bond acceptors (Lipinski definition) is 2. The first-order chi connectivity index (χ1) is 6.07. The molecule has 0 aliphatic rings. The Morgan fingerprint density at radius 3 is 2.46 bits per heavy atom. The van der Waals surface area contributed by atoms with Gasteiger partial charge in [0.1, 0.15) is 5.75 Å². The van der Waals surface area contributed by atoms with Gasteiger partial charge in [-0.1, -0.05) is 0 Å². The minimum Gasteiger partial charge on any atom is -0.495 e. The van der Waals surface area contributed by atoms with E-state index in [1.807, 2.05) is 6.07 Å². The van der Waals surface area contributed by atoms with E-state index in [1.54, 1.807) is 13.2 Å². The smallest absolute Gasteiger partial charge is 0.163 e. The molecule has 0 radical (unpaired) electrons. The minimum absolute atomic E-state index is 0.00921. The second kappa shape index (κ2) is 4.24. The van der Waals surface area contributed by atoms with Crippen LogP contribution in [-0.2, 0) is 0 Å². The summed E-state index contributed by atoms with van der Waals surface area (Å²) >= 11 is 6.67. The van der Waals surface area contributed by atoms with E-state index in [4.69, 9.17) is 4.74 Å². The van der Waals surface area contributed by atoms with Gasteiger partial charge in [0.2, 0.25) is 0 Å². The molecule has 2 nitrogen and oxygen atoms in total. The molecule has 1 aromatic carbocycles. The van der Waals surface area contributed by atoms with E-state index in [9.17, 15) is 4.79 Å². The molecule has 0 saturated heterocycles. The maximum atomic E-state index is 11.2. The lowest BCUT2D eigenvalue weighted by atomic mass is 10.1. The molecule has 0 aliphatic carbocycles. The van der Waals surface area contributed by atoms with Crippen molar-refractivity contribution in [2.45, 2.75) is 6.92 Å². The molecule has 0 saturated carbocycles. The monoisotopic (exact) mass is 306 g/mol. The number of ketones is 1. The van der Waals surface area contributed by atoms with E-state index in [1.165, 1.54) is 6.92 Å². The lowest BCUT2D eigenvalue weighted by Crippen LogP contribution is -1.98. The summed E-state index contributed by atoms with van der Waals surface area (Å²) in [5.74, 6) is 0.562. The predicted octanol–water partition coefficient (Wildman–Crippen LogP) is 3.42. The molecule has 0 aliphatic heterocycles. The summed E-state index contributed by atoms with van der Waals surface area (Å²) in [6.07, 6.45) is 0. The Balaban J connectivity index is 3.38. The van der Waals surface area contributed by atoms with Gasteiger partial charge in [-0.3, -0.25) is 4.79 Å². The Labute approximate surface area is 93.5 Å². The highest BCUT2D eigenvalue weighted by molar-refractivity contribution is 9.13. The van der Waals surface area contributed by atoms with Gasteiger partial charge in [0, 0.05) is 4.47 Å². The van der Waals surface area contributed by atoms with Gasteiger partial charge in [-0.25, -0.2) is 0 Å². The van der Waals surface area contributed by atoms with Crippen LogP contribution in [0.5, 0.6) is 5.75 Å². The van der Waals surface area contributed by atoms with Gasteiger partial charge in [-0.15, -0.1) is 0 Å². The molecule has 0 amide bonds. The van der Waals surface area contributed by atoms with Crippen LogP contribution in [0.1, 0.15) is 17.3 Å². The second-order valence-electron chi connectivity index (χ2n) is 2.50. The van der Waals surface area contributed by atoms with Gasteiger partial charge < -0.3 is 4.74 Å². The molecule has 0 unspecified atom stereocenters. The highest BCUT2D eigenvalue weighted by Crippen LogP contribution is 2.35. The van der Waals surface area contributed by atoms with Crippen molar-refractivity contribution in [1.29, 1.82) is 0 Å². The first kappa shape index (κ1) is 10.7. The van der Waals surface area contributed by atoms with E-state index < -0.39 is 0 Å². The van der Waals surface area contributed by atoms with Crippen molar-refractivity contribution in [1.82, 2.24) is 0 Å². The van der Waals surface area contributed by atoms with Gasteiger partial charge in [-0.05, 0) is 50.9 Å². The van der Waals surface area contributed by atoms with Crippen LogP contribution >= 0.6 is 31.9 Å². The molecule has 0 aromatic heterocycles. The fraction of sp³-hybridized carbons (Fsp3) is 0.222. The summed E-state index contributed by atoms with van der Waals surface area (Å²) in [7, 11) is 1.54. The Bertz CT molecular complexity index is 348. The third kappa shape index (κ3) is 2.11. The molecular weight excluding hydrogens is 300 g/mol. The van der Waals surface area contributed by atoms with E-state index in [0.29, 0.717) is 11.3 Å². The first-order valence-corrected chi connectivity index (χ1v) is 5.19. The van der Waals surface area contributed by atoms with Crippen LogP contribution in [0, 0.1) is 0 Å². The van der Waals surface area contributed by atoms with Gasteiger partial charge in [-0.2, -0.15) is 0 Å². The topological polar surface area (TPSA) is 26.3 Å². The van der Waals surface area contributed by atoms with Crippen molar-refractivity contribution in [3.63, 3.8) is 0 Å². The number of benzene rings is 1. The number of hydrogen-bond donors (Lipinski definition) is 0. The standard InChI is InChI=1S/C9H8Br2O2/c1-5(12)6-3-4-7(10)8(11)9(6)13-2/h3-4H,1-2H3. The van der Waals surface area contributed by atoms with Crippen LogP contribution in [0.25, 0.3) is 0 Å². The average molecular weight is 308 g/mol. The highest BCUT2D eigenvalue weighted by Gasteiger charge is 2.13. The maximum Gasteiger partial charge on any atom is 0.163 e. The summed E-state index contributed by atoms with van der Waals surface area (Å²) in [6, 6.07) is 3.54. The molecule has 1 rings (SSSR count). The van der Waals surface area contributed by atoms with Crippen LogP contribution in [0.15, 0.2) is 21.1 Å². The van der Waals surface area contributed by atoms with Gasteiger partial charge >= 0.3 is 0 Å². The molecule has 0 heterocycles. The zero-order valence-electron chi connectivity index (χ0n) is 7.23. The van der Waals surface area contributed by atoms with Crippen molar-refractivity contribution < 1.29 is 9.53 Å². The third-order valence-corrected chi connectivity index (χ3v) is 3.61. The number of rotatable bonds is 2. The van der Waals surface area contributed by atoms with Crippen molar-refractivity contribution in [2.75, 3.05) is 7.11 Å². The molecule has 0 fully saturated rings. The quantitative estimate of drug-likeness (QED) is 0.783. The van der Waals surface area contributed by atoms with Crippen LogP contribution in [0.3, 0.4) is 0 Å². The van der Waals surface area contributed by atoms with Crippen LogP contribution in [0.4, 0.5) is 0 Å². The Hall–Kier alpha value is -0.350. The number of carbonyl (C=O) groups is 1. The molecule has 0 bridgehead atoms. The fourth-order valence-electron chi connectivity index (χ4n) is 1.01. The summed E-state index contributed by atoms with van der Waals surface area (Å²) in [5, 5.41) is 0. The Kier molecular flexibility index (Phi) is 3.50. The van der Waals surface area contributed by atoms with Crippen LogP contribution < -0.4 is 4.74 Å². The number of methoxy groups -OCH3 is 1. The second-order valence-corrected chi connectivity index (χ2v) is 4.15. The van der Waals surface area contributed by atoms with E-state index >= 15 is 0 Å². The molecule has 1 aromatic rings. The zero-order valence-corrected chi connectivity index (χ0v) is 10.4. The van der Waals surface area contributed by atoms with Crippen molar-refractivity contribution in [3.05, 3.63) is 26.6 Å². The maximum absolute atomic E-state index is 11.2. The highest BCUT2D eigenvalue weighted by atomic mass is 79.9. The Morgan fingerprint density at radius 1 is 1.38 bits per heavy atom. The van der Waals surface area contributed by atoms with Crippen LogP contribution in [0.2, 0.25) is 0 Å².